The molecule has 0 aliphatic heterocycles. The van der Waals surface area contributed by atoms with Crippen molar-refractivity contribution in [3.05, 3.63) is 0 Å². The fraction of sp³-hybridized carbons (Fsp3) is 1.00. The molecule has 0 fully saturated rings. The molecule has 0 aliphatic carbocycles. The van der Waals surface area contributed by atoms with Crippen LogP contribution < -0.4 is 0 Å². The van der Waals surface area contributed by atoms with Gasteiger partial charge in [0.05, 0.1) is 19.8 Å². The molecule has 0 aromatic rings. The first kappa shape index (κ1) is 21.8. The van der Waals surface area contributed by atoms with Crippen LogP contribution in [-0.2, 0) is 18.9 Å². The maximum Gasteiger partial charge on any atom is 0.0700 e. The van der Waals surface area contributed by atoms with Crippen LogP contribution in [0, 0.1) is 0 Å². The van der Waals surface area contributed by atoms with E-state index in [4.69, 9.17) is 18.9 Å². The van der Waals surface area contributed by atoms with Crippen molar-refractivity contribution in [1.82, 2.24) is 4.90 Å². The van der Waals surface area contributed by atoms with Crippen molar-refractivity contribution in [3.63, 3.8) is 0 Å². The van der Waals surface area contributed by atoms with Crippen LogP contribution in [-0.4, -0.2) is 78.9 Å². The highest BCUT2D eigenvalue weighted by molar-refractivity contribution is 4.59. The van der Waals surface area contributed by atoms with Crippen molar-refractivity contribution in [1.29, 1.82) is 0 Å². The summed E-state index contributed by atoms with van der Waals surface area (Å²) in [5.41, 5.74) is 0. The second kappa shape index (κ2) is 18.8. The van der Waals surface area contributed by atoms with E-state index in [-0.39, 0.29) is 0 Å². The maximum atomic E-state index is 5.59. The third kappa shape index (κ3) is 16.2. The number of nitrogens with zero attached hydrogens (tertiary/aromatic N) is 1. The van der Waals surface area contributed by atoms with E-state index < -0.39 is 0 Å². The molecule has 0 radical (unpaired) electrons. The Labute approximate surface area is 137 Å². The molecule has 0 unspecified atom stereocenters. The van der Waals surface area contributed by atoms with E-state index in [1.54, 1.807) is 21.3 Å². The number of rotatable bonds is 18. The minimum atomic E-state index is 0.675. The normalized spacial score (nSPS) is 11.5. The van der Waals surface area contributed by atoms with Crippen LogP contribution in [0.1, 0.15) is 38.5 Å². The van der Waals surface area contributed by atoms with Crippen LogP contribution in [0.2, 0.25) is 0 Å². The summed E-state index contributed by atoms with van der Waals surface area (Å²) in [5, 5.41) is 0. The van der Waals surface area contributed by atoms with E-state index in [0.717, 1.165) is 52.3 Å². The predicted octanol–water partition coefficient (Wildman–Crippen LogP) is 2.58. The molecule has 0 aliphatic rings. The molecule has 0 saturated carbocycles. The Bertz CT molecular complexity index is 172. The molecule has 0 N–H and O–H groups in total. The molecule has 0 spiro atoms. The lowest BCUT2D eigenvalue weighted by atomic mass is 10.2. The summed E-state index contributed by atoms with van der Waals surface area (Å²) in [5.74, 6) is 0. The van der Waals surface area contributed by atoms with Crippen molar-refractivity contribution in [2.45, 2.75) is 38.5 Å². The smallest absolute Gasteiger partial charge is 0.0700 e. The Morgan fingerprint density at radius 3 is 1.55 bits per heavy atom. The van der Waals surface area contributed by atoms with Crippen molar-refractivity contribution in [2.24, 2.45) is 0 Å². The first-order chi connectivity index (χ1) is 10.8. The van der Waals surface area contributed by atoms with E-state index in [9.17, 15) is 0 Å². The van der Waals surface area contributed by atoms with Gasteiger partial charge in [0.25, 0.3) is 0 Å². The molecule has 0 rings (SSSR count). The minimum absolute atomic E-state index is 0.675. The minimum Gasteiger partial charge on any atom is -0.385 e. The lowest BCUT2D eigenvalue weighted by Crippen LogP contribution is -2.30. The van der Waals surface area contributed by atoms with Crippen LogP contribution in [0.25, 0.3) is 0 Å². The Hall–Kier alpha value is -0.200. The second-order valence-electron chi connectivity index (χ2n) is 5.55. The first-order valence-electron chi connectivity index (χ1n) is 8.62. The standard InChI is InChI=1S/C17H37NO4/c1-19-13-8-4-6-10-18(11-7-5-9-14-20-2)12-15-22-17-16-21-3/h4-17H2,1-3H3. The Balaban J connectivity index is 3.72. The largest absolute Gasteiger partial charge is 0.385 e. The van der Waals surface area contributed by atoms with Gasteiger partial charge in [0.15, 0.2) is 0 Å². The van der Waals surface area contributed by atoms with Gasteiger partial charge in [-0.05, 0) is 51.6 Å². The van der Waals surface area contributed by atoms with Gasteiger partial charge in [-0.15, -0.1) is 0 Å². The van der Waals surface area contributed by atoms with Gasteiger partial charge >= 0.3 is 0 Å². The molecule has 22 heavy (non-hydrogen) atoms. The lowest BCUT2D eigenvalue weighted by Gasteiger charge is -2.22. The third-order valence-electron chi connectivity index (χ3n) is 3.63. The molecule has 0 atom stereocenters. The molecule has 0 aromatic heterocycles. The Morgan fingerprint density at radius 1 is 0.500 bits per heavy atom. The molecule has 0 heterocycles. The maximum absolute atomic E-state index is 5.59. The number of hydrogen-bond acceptors (Lipinski definition) is 5. The van der Waals surface area contributed by atoms with Gasteiger partial charge in [-0.2, -0.15) is 0 Å². The van der Waals surface area contributed by atoms with Gasteiger partial charge in [0, 0.05) is 41.1 Å². The second-order valence-corrected chi connectivity index (χ2v) is 5.55. The van der Waals surface area contributed by atoms with E-state index in [1.807, 2.05) is 0 Å². The zero-order chi connectivity index (χ0) is 16.3. The van der Waals surface area contributed by atoms with E-state index in [2.05, 4.69) is 4.90 Å². The van der Waals surface area contributed by atoms with Gasteiger partial charge < -0.3 is 23.8 Å². The van der Waals surface area contributed by atoms with Crippen molar-refractivity contribution in [3.8, 4) is 0 Å². The summed E-state index contributed by atoms with van der Waals surface area (Å²) in [6, 6.07) is 0. The highest BCUT2D eigenvalue weighted by Crippen LogP contribution is 2.03. The number of methoxy groups -OCH3 is 3. The van der Waals surface area contributed by atoms with Gasteiger partial charge in [-0.1, -0.05) is 0 Å². The quantitative estimate of drug-likeness (QED) is 0.363. The zero-order valence-electron chi connectivity index (χ0n) is 15.0. The van der Waals surface area contributed by atoms with Crippen LogP contribution in [0.4, 0.5) is 0 Å². The monoisotopic (exact) mass is 319 g/mol. The average Bonchev–Trinajstić information content (AvgIpc) is 2.53. The third-order valence-corrected chi connectivity index (χ3v) is 3.63. The van der Waals surface area contributed by atoms with Crippen molar-refractivity contribution in [2.75, 3.05) is 74.0 Å². The number of unbranched alkanes of at least 4 members (excludes halogenated alkanes) is 4. The molecule has 0 aromatic carbocycles. The van der Waals surface area contributed by atoms with Gasteiger partial charge in [-0.3, -0.25) is 0 Å². The molecule has 5 heteroatoms. The highest BCUT2D eigenvalue weighted by Gasteiger charge is 2.05. The summed E-state index contributed by atoms with van der Waals surface area (Å²) in [6.45, 7) is 7.22. The molecular formula is C17H37NO4. The summed E-state index contributed by atoms with van der Waals surface area (Å²) in [4.78, 5) is 2.52. The van der Waals surface area contributed by atoms with Crippen LogP contribution in [0.5, 0.6) is 0 Å². The Morgan fingerprint density at radius 2 is 1.05 bits per heavy atom. The van der Waals surface area contributed by atoms with Gasteiger partial charge in [-0.25, -0.2) is 0 Å². The zero-order valence-corrected chi connectivity index (χ0v) is 15.0. The van der Waals surface area contributed by atoms with E-state index in [1.165, 1.54) is 25.7 Å². The topological polar surface area (TPSA) is 40.2 Å². The van der Waals surface area contributed by atoms with Crippen LogP contribution >= 0.6 is 0 Å². The molecule has 0 bridgehead atoms. The first-order valence-corrected chi connectivity index (χ1v) is 8.62. The molecular weight excluding hydrogens is 282 g/mol. The highest BCUT2D eigenvalue weighted by atomic mass is 16.5. The summed E-state index contributed by atoms with van der Waals surface area (Å²) in [7, 11) is 5.24. The molecule has 134 valence electrons. The van der Waals surface area contributed by atoms with Gasteiger partial charge in [0.1, 0.15) is 0 Å². The fourth-order valence-corrected chi connectivity index (χ4v) is 2.29. The summed E-state index contributed by atoms with van der Waals surface area (Å²) < 4.78 is 20.8. The number of ether oxygens (including phenoxy) is 4. The number of hydrogen-bond donors (Lipinski definition) is 0. The molecule has 0 amide bonds. The van der Waals surface area contributed by atoms with E-state index in [0.29, 0.717) is 13.2 Å². The van der Waals surface area contributed by atoms with Crippen molar-refractivity contribution < 1.29 is 18.9 Å². The van der Waals surface area contributed by atoms with Gasteiger partial charge in [0.2, 0.25) is 0 Å². The van der Waals surface area contributed by atoms with Crippen LogP contribution in [0.15, 0.2) is 0 Å². The predicted molar refractivity (Wildman–Crippen MR) is 90.6 cm³/mol. The molecule has 5 nitrogen and oxygen atoms in total. The fourth-order valence-electron chi connectivity index (χ4n) is 2.29. The van der Waals surface area contributed by atoms with Crippen LogP contribution in [0.3, 0.4) is 0 Å². The SMILES string of the molecule is COCCCCCN(CCCCCOC)CCOCCOC. The molecule has 0 saturated heterocycles. The van der Waals surface area contributed by atoms with E-state index >= 15 is 0 Å². The summed E-state index contributed by atoms with van der Waals surface area (Å²) >= 11 is 0. The lowest BCUT2D eigenvalue weighted by molar-refractivity contribution is 0.0564. The summed E-state index contributed by atoms with van der Waals surface area (Å²) in [6.07, 6.45) is 7.25. The Kier molecular flexibility index (Phi) is 18.7. The van der Waals surface area contributed by atoms with Crippen molar-refractivity contribution >= 4 is 0 Å². The average molecular weight is 319 g/mol.